The highest BCUT2D eigenvalue weighted by Gasteiger charge is 2.12. The quantitative estimate of drug-likeness (QED) is 0.829. The first-order valence-corrected chi connectivity index (χ1v) is 7.27. The third kappa shape index (κ3) is 3.75. The lowest BCUT2D eigenvalue weighted by Gasteiger charge is -2.05. The van der Waals surface area contributed by atoms with Crippen molar-refractivity contribution in [3.05, 3.63) is 50.1 Å². The Morgan fingerprint density at radius 3 is 2.65 bits per heavy atom. The molecular formula is C14H10Cl2N2OS. The van der Waals surface area contributed by atoms with Crippen LogP contribution in [-0.2, 0) is 0 Å². The van der Waals surface area contributed by atoms with Crippen LogP contribution in [0.5, 0.6) is 0 Å². The van der Waals surface area contributed by atoms with Gasteiger partial charge in [-0.05, 0) is 29.6 Å². The Bertz CT molecular complexity index is 680. The fourth-order valence-electron chi connectivity index (χ4n) is 1.54. The van der Waals surface area contributed by atoms with E-state index >= 15 is 0 Å². The van der Waals surface area contributed by atoms with E-state index in [9.17, 15) is 4.79 Å². The second kappa shape index (κ2) is 6.78. The third-order valence-electron chi connectivity index (χ3n) is 2.32. The summed E-state index contributed by atoms with van der Waals surface area (Å²) in [5.41, 5.74) is 6.53. The molecule has 0 spiro atoms. The number of anilines is 1. The fourth-order valence-corrected chi connectivity index (χ4v) is 2.81. The van der Waals surface area contributed by atoms with Crippen LogP contribution < -0.4 is 11.1 Å². The molecule has 0 aliphatic rings. The molecule has 2 aromatic rings. The van der Waals surface area contributed by atoms with Gasteiger partial charge in [0, 0.05) is 21.3 Å². The van der Waals surface area contributed by atoms with Crippen LogP contribution in [0.4, 0.5) is 5.69 Å². The molecule has 0 saturated carbocycles. The average Bonchev–Trinajstić information content (AvgIpc) is 2.83. The summed E-state index contributed by atoms with van der Waals surface area (Å²) >= 11 is 13.1. The summed E-state index contributed by atoms with van der Waals surface area (Å²) in [6, 6.07) is 6.64. The molecule has 1 amide bonds. The van der Waals surface area contributed by atoms with Crippen LogP contribution in [0.15, 0.2) is 29.6 Å². The zero-order valence-electron chi connectivity index (χ0n) is 10.2. The van der Waals surface area contributed by atoms with Crippen molar-refractivity contribution < 1.29 is 4.79 Å². The van der Waals surface area contributed by atoms with Gasteiger partial charge in [0.2, 0.25) is 0 Å². The minimum atomic E-state index is -0.250. The van der Waals surface area contributed by atoms with E-state index in [1.54, 1.807) is 29.6 Å². The molecule has 20 heavy (non-hydrogen) atoms. The zero-order chi connectivity index (χ0) is 14.5. The van der Waals surface area contributed by atoms with Crippen LogP contribution in [0.3, 0.4) is 0 Å². The SMILES string of the molecule is NCC#Cc1ccsc1C(=O)Nc1cc(Cl)cc(Cl)c1. The van der Waals surface area contributed by atoms with Gasteiger partial charge in [0.25, 0.3) is 5.91 Å². The topological polar surface area (TPSA) is 55.1 Å². The summed E-state index contributed by atoms with van der Waals surface area (Å²) in [6.45, 7) is 0.251. The third-order valence-corrected chi connectivity index (χ3v) is 3.67. The van der Waals surface area contributed by atoms with E-state index in [0.29, 0.717) is 26.2 Å². The molecular weight excluding hydrogens is 315 g/mol. The minimum absolute atomic E-state index is 0.250. The molecule has 0 bridgehead atoms. The zero-order valence-corrected chi connectivity index (χ0v) is 12.6. The van der Waals surface area contributed by atoms with Crippen molar-refractivity contribution in [2.45, 2.75) is 0 Å². The summed E-state index contributed by atoms with van der Waals surface area (Å²) < 4.78 is 0. The lowest BCUT2D eigenvalue weighted by Crippen LogP contribution is -2.11. The Balaban J connectivity index is 2.22. The molecule has 3 N–H and O–H groups in total. The Morgan fingerprint density at radius 2 is 2.00 bits per heavy atom. The summed E-state index contributed by atoms with van der Waals surface area (Å²) in [6.07, 6.45) is 0. The number of nitrogens with one attached hydrogen (secondary N) is 1. The second-order valence-corrected chi connectivity index (χ2v) is 5.57. The molecule has 102 valence electrons. The first-order valence-electron chi connectivity index (χ1n) is 5.64. The second-order valence-electron chi connectivity index (χ2n) is 3.78. The number of hydrogen-bond donors (Lipinski definition) is 2. The number of carbonyl (C=O) groups excluding carboxylic acids is 1. The van der Waals surface area contributed by atoms with Crippen LogP contribution in [0.25, 0.3) is 0 Å². The van der Waals surface area contributed by atoms with Crippen molar-refractivity contribution in [1.29, 1.82) is 0 Å². The van der Waals surface area contributed by atoms with Crippen molar-refractivity contribution in [3.63, 3.8) is 0 Å². The molecule has 2 rings (SSSR count). The molecule has 0 aliphatic carbocycles. The van der Waals surface area contributed by atoms with Crippen LogP contribution >= 0.6 is 34.5 Å². The van der Waals surface area contributed by atoms with E-state index in [4.69, 9.17) is 28.9 Å². The summed E-state index contributed by atoms with van der Waals surface area (Å²) in [7, 11) is 0. The molecule has 1 aromatic heterocycles. The summed E-state index contributed by atoms with van der Waals surface area (Å²) in [4.78, 5) is 12.7. The summed E-state index contributed by atoms with van der Waals surface area (Å²) in [5, 5.41) is 5.47. The van der Waals surface area contributed by atoms with Gasteiger partial charge in [-0.15, -0.1) is 11.3 Å². The van der Waals surface area contributed by atoms with Crippen LogP contribution in [-0.4, -0.2) is 12.5 Å². The number of rotatable bonds is 2. The van der Waals surface area contributed by atoms with E-state index in [0.717, 1.165) is 0 Å². The Kier molecular flexibility index (Phi) is 5.05. The number of halogens is 2. The van der Waals surface area contributed by atoms with Gasteiger partial charge in [0.1, 0.15) is 4.88 Å². The van der Waals surface area contributed by atoms with Gasteiger partial charge in [-0.1, -0.05) is 35.0 Å². The molecule has 0 atom stereocenters. The highest BCUT2D eigenvalue weighted by molar-refractivity contribution is 7.12. The first kappa shape index (κ1) is 14.9. The number of nitrogens with two attached hydrogens (primary N) is 1. The Hall–Kier alpha value is -1.51. The fraction of sp³-hybridized carbons (Fsp3) is 0.0714. The molecule has 0 fully saturated rings. The van der Waals surface area contributed by atoms with Crippen LogP contribution in [0, 0.1) is 11.8 Å². The molecule has 0 radical (unpaired) electrons. The molecule has 3 nitrogen and oxygen atoms in total. The summed E-state index contributed by atoms with van der Waals surface area (Å²) in [5.74, 6) is 5.34. The average molecular weight is 325 g/mol. The number of benzene rings is 1. The lowest BCUT2D eigenvalue weighted by molar-refractivity contribution is 0.103. The molecule has 6 heteroatoms. The van der Waals surface area contributed by atoms with Crippen molar-refractivity contribution >= 4 is 46.1 Å². The van der Waals surface area contributed by atoms with E-state index < -0.39 is 0 Å². The largest absolute Gasteiger partial charge is 0.321 e. The maximum absolute atomic E-state index is 12.2. The molecule has 1 heterocycles. The number of carbonyl (C=O) groups is 1. The van der Waals surface area contributed by atoms with E-state index in [-0.39, 0.29) is 12.5 Å². The molecule has 0 saturated heterocycles. The highest BCUT2D eigenvalue weighted by atomic mass is 35.5. The van der Waals surface area contributed by atoms with Crippen LogP contribution in [0.1, 0.15) is 15.2 Å². The normalized spacial score (nSPS) is 9.75. The van der Waals surface area contributed by atoms with Gasteiger partial charge in [0.05, 0.1) is 6.54 Å². The smallest absolute Gasteiger partial charge is 0.267 e. The van der Waals surface area contributed by atoms with Crippen molar-refractivity contribution in [1.82, 2.24) is 0 Å². The van der Waals surface area contributed by atoms with Crippen molar-refractivity contribution in [2.75, 3.05) is 11.9 Å². The van der Waals surface area contributed by atoms with E-state index in [1.807, 2.05) is 0 Å². The minimum Gasteiger partial charge on any atom is -0.321 e. The van der Waals surface area contributed by atoms with E-state index in [2.05, 4.69) is 17.2 Å². The standard InChI is InChI=1S/C14H10Cl2N2OS/c15-10-6-11(16)8-12(7-10)18-14(19)13-9(2-1-4-17)3-5-20-13/h3,5-8H,4,17H2,(H,18,19). The van der Waals surface area contributed by atoms with Gasteiger partial charge in [-0.25, -0.2) is 0 Å². The highest BCUT2D eigenvalue weighted by Crippen LogP contribution is 2.24. The first-order chi connectivity index (χ1) is 9.60. The Morgan fingerprint density at radius 1 is 1.30 bits per heavy atom. The predicted molar refractivity (Wildman–Crippen MR) is 84.7 cm³/mol. The number of hydrogen-bond acceptors (Lipinski definition) is 3. The lowest BCUT2D eigenvalue weighted by atomic mass is 10.2. The van der Waals surface area contributed by atoms with Crippen molar-refractivity contribution in [3.8, 4) is 11.8 Å². The van der Waals surface area contributed by atoms with Crippen LogP contribution in [0.2, 0.25) is 10.0 Å². The number of thiophene rings is 1. The van der Waals surface area contributed by atoms with Gasteiger partial charge < -0.3 is 11.1 Å². The molecule has 0 unspecified atom stereocenters. The maximum atomic E-state index is 12.2. The monoisotopic (exact) mass is 324 g/mol. The number of amides is 1. The molecule has 0 aliphatic heterocycles. The van der Waals surface area contributed by atoms with E-state index in [1.165, 1.54) is 11.3 Å². The van der Waals surface area contributed by atoms with Gasteiger partial charge in [0.15, 0.2) is 0 Å². The molecule has 1 aromatic carbocycles. The van der Waals surface area contributed by atoms with Gasteiger partial charge >= 0.3 is 0 Å². The maximum Gasteiger partial charge on any atom is 0.267 e. The van der Waals surface area contributed by atoms with Gasteiger partial charge in [-0.2, -0.15) is 0 Å². The predicted octanol–water partition coefficient (Wildman–Crippen LogP) is 3.62. The Labute approximate surface area is 130 Å². The van der Waals surface area contributed by atoms with Gasteiger partial charge in [-0.3, -0.25) is 4.79 Å². The van der Waals surface area contributed by atoms with Crippen molar-refractivity contribution in [2.24, 2.45) is 5.73 Å².